The van der Waals surface area contributed by atoms with E-state index in [-0.39, 0.29) is 54.5 Å². The van der Waals surface area contributed by atoms with Crippen molar-refractivity contribution in [1.82, 2.24) is 0 Å². The summed E-state index contributed by atoms with van der Waals surface area (Å²) < 4.78 is 167. The summed E-state index contributed by atoms with van der Waals surface area (Å²) in [5, 5.41) is 6.74. The Balaban J connectivity index is -0.000000769. The maximum atomic E-state index is 13.9. The van der Waals surface area contributed by atoms with Gasteiger partial charge in [-0.3, -0.25) is 14.5 Å². The number of anilines is 3. The van der Waals surface area contributed by atoms with E-state index in [1.54, 1.807) is 12.2 Å². The van der Waals surface area contributed by atoms with Gasteiger partial charge in [-0.2, -0.15) is 0 Å². The molecule has 3 aromatic carbocycles. The van der Waals surface area contributed by atoms with Crippen molar-refractivity contribution in [2.75, 3.05) is 16.8 Å². The summed E-state index contributed by atoms with van der Waals surface area (Å²) in [4.78, 5) is 28.8. The van der Waals surface area contributed by atoms with Gasteiger partial charge in [0.15, 0.2) is 69.8 Å². The molecule has 0 aromatic heterocycles. The number of carbonyl (C=O) groups excluding carboxylic acids is 2. The number of nitrogens with two attached hydrogens (primary N) is 3. The molecule has 3 rings (SSSR count). The van der Waals surface area contributed by atoms with Gasteiger partial charge in [-0.25, -0.2) is 57.1 Å². The van der Waals surface area contributed by atoms with E-state index in [2.05, 4.69) is 26.6 Å². The number of rotatable bonds is 8. The summed E-state index contributed by atoms with van der Waals surface area (Å²) in [5.74, 6) is -28.4. The predicted octanol–water partition coefficient (Wildman–Crippen LogP) is 6.26. The van der Waals surface area contributed by atoms with Crippen LogP contribution in [0.2, 0.25) is 0 Å². The molecule has 56 heavy (non-hydrogen) atoms. The van der Waals surface area contributed by atoms with Crippen LogP contribution in [0.15, 0.2) is 10.2 Å². The zero-order chi connectivity index (χ0) is 42.4. The molecule has 0 heterocycles. The first kappa shape index (κ1) is 55.1. The molecule has 0 aliphatic heterocycles. The number of halogens is 13. The molecule has 2 atom stereocenters. The van der Waals surface area contributed by atoms with Crippen LogP contribution >= 0.6 is 0 Å². The number of hydrogen-bond acceptors (Lipinski definition) is 6. The van der Waals surface area contributed by atoms with Crippen molar-refractivity contribution in [3.8, 4) is 0 Å². The van der Waals surface area contributed by atoms with Crippen LogP contribution in [0.4, 0.5) is 85.5 Å². The fourth-order valence-electron chi connectivity index (χ4n) is 3.52. The number of hydrogen-bond donors (Lipinski definition) is 4. The van der Waals surface area contributed by atoms with Crippen LogP contribution in [0, 0.1) is 87.5 Å². The van der Waals surface area contributed by atoms with Crippen LogP contribution in [-0.2, 0) is 28.1 Å². The van der Waals surface area contributed by atoms with Gasteiger partial charge in [-0.15, -0.1) is 0 Å². The van der Waals surface area contributed by atoms with Gasteiger partial charge in [-0.05, 0) is 23.9 Å². The minimum absolute atomic E-state index is 0. The van der Waals surface area contributed by atoms with Crippen LogP contribution in [0.5, 0.6) is 0 Å². The Labute approximate surface area is 337 Å². The summed E-state index contributed by atoms with van der Waals surface area (Å²) in [5.41, 5.74) is 37.0. The largest absolute Gasteiger partial charge is 1.00 e. The van der Waals surface area contributed by atoms with Gasteiger partial charge in [0.2, 0.25) is 17.6 Å². The smallest absolute Gasteiger partial charge is 0.394 e. The minimum atomic E-state index is -2.21. The Bertz CT molecular complexity index is 1900. The molecule has 7 N–H and O–H groups in total. The first-order chi connectivity index (χ1) is 25.0. The molecule has 0 aliphatic rings. The number of nitrogens with zero attached hydrogens (tertiary/aromatic N) is 9. The van der Waals surface area contributed by atoms with Crippen LogP contribution in [-0.4, -0.2) is 11.8 Å². The molecule has 0 saturated carbocycles. The van der Waals surface area contributed by atoms with Crippen LogP contribution < -0.4 is 52.1 Å². The zero-order valence-corrected chi connectivity index (χ0v) is 31.4. The molecular formula is C26H19F13N13NaO2V. The Morgan fingerprint density at radius 3 is 1.20 bits per heavy atom. The molecule has 0 fully saturated rings. The van der Waals surface area contributed by atoms with Crippen LogP contribution in [0.1, 0.15) is 26.7 Å². The Morgan fingerprint density at radius 2 is 0.911 bits per heavy atom. The summed E-state index contributed by atoms with van der Waals surface area (Å²) in [6, 6.07) is 0. The van der Waals surface area contributed by atoms with E-state index >= 15 is 0 Å². The summed E-state index contributed by atoms with van der Waals surface area (Å²) in [6.07, 6.45) is 0.336. The third kappa shape index (κ3) is 13.5. The van der Waals surface area contributed by atoms with Crippen molar-refractivity contribution in [1.29, 1.82) is 0 Å². The number of azide groups is 2. The van der Waals surface area contributed by atoms with E-state index in [0.29, 0.717) is 6.42 Å². The fourth-order valence-corrected chi connectivity index (χ4v) is 3.52. The van der Waals surface area contributed by atoms with E-state index in [1.807, 2.05) is 4.91 Å². The molecule has 1 radical (unpaired) electrons. The third-order valence-electron chi connectivity index (χ3n) is 6.28. The van der Waals surface area contributed by atoms with Gasteiger partial charge in [0.1, 0.15) is 28.4 Å². The number of nitrogens with one attached hydrogen (secondary N) is 1. The van der Waals surface area contributed by atoms with Crippen molar-refractivity contribution >= 4 is 40.3 Å². The molecule has 2 amide bonds. The molecular weight excluding hydrogens is 847 g/mol. The first-order valence-electron chi connectivity index (χ1n) is 13.5. The Morgan fingerprint density at radius 1 is 0.625 bits per heavy atom. The van der Waals surface area contributed by atoms with Gasteiger partial charge in [0.25, 0.3) is 0 Å². The van der Waals surface area contributed by atoms with E-state index in [1.165, 1.54) is 11.8 Å². The summed E-state index contributed by atoms with van der Waals surface area (Å²) in [7, 11) is 0. The Kier molecular flexibility index (Phi) is 24.7. The standard InChI is InChI=1S/C14H15F4N5O2.C6H2F5N.C6H2F4N4.N3.Na.V/c1-3-6(13(19)24)4-5(2)14(25)21-11-7(15)9(17)12(22-23-20)10(18)8(11)16;7-1-2(8)4(10)6(12)5(11)3(1)9;7-1-3(9)6(13-14-12)4(10)2(8)5(1)11;1-3-2;;/h5-6H,3-4H2,1-2H3,(H2,19,24)(H,21,25);12H2;11H2;;;/q;;;-1;+1;. The number of nitrogen functional groups attached to an aromatic ring is 2. The topological polar surface area (TPSA) is 280 Å². The van der Waals surface area contributed by atoms with Crippen molar-refractivity contribution in [2.24, 2.45) is 27.8 Å². The van der Waals surface area contributed by atoms with E-state index < -0.39 is 128 Å². The second-order valence-electron chi connectivity index (χ2n) is 9.58. The van der Waals surface area contributed by atoms with Gasteiger partial charge < -0.3 is 33.6 Å². The van der Waals surface area contributed by atoms with Gasteiger partial charge in [0.05, 0.1) is 0 Å². The van der Waals surface area contributed by atoms with Crippen LogP contribution in [0.25, 0.3) is 36.9 Å². The van der Waals surface area contributed by atoms with Crippen molar-refractivity contribution in [2.45, 2.75) is 26.7 Å². The monoisotopic (exact) mass is 866 g/mol. The molecule has 3 aromatic rings. The summed E-state index contributed by atoms with van der Waals surface area (Å²) in [6.45, 7) is 3.02. The fraction of sp³-hybridized carbons (Fsp3) is 0.231. The van der Waals surface area contributed by atoms with Crippen molar-refractivity contribution in [3.63, 3.8) is 0 Å². The summed E-state index contributed by atoms with van der Waals surface area (Å²) >= 11 is 0. The molecule has 0 aliphatic carbocycles. The van der Waals surface area contributed by atoms with Gasteiger partial charge >= 0.3 is 29.6 Å². The predicted molar refractivity (Wildman–Crippen MR) is 161 cm³/mol. The van der Waals surface area contributed by atoms with Crippen LogP contribution in [0.3, 0.4) is 0 Å². The second kappa shape index (κ2) is 25.1. The molecule has 297 valence electrons. The quantitative estimate of drug-likeness (QED) is 0.0298. The average Bonchev–Trinajstić information content (AvgIpc) is 3.14. The number of primary amides is 1. The van der Waals surface area contributed by atoms with E-state index in [9.17, 15) is 66.7 Å². The maximum Gasteiger partial charge on any atom is 1.00 e. The van der Waals surface area contributed by atoms with E-state index in [4.69, 9.17) is 27.9 Å². The third-order valence-corrected chi connectivity index (χ3v) is 6.28. The maximum absolute atomic E-state index is 13.9. The zero-order valence-electron chi connectivity index (χ0n) is 28.0. The molecule has 15 nitrogen and oxygen atoms in total. The normalized spacial score (nSPS) is 10.6. The number of amides is 2. The average molecular weight is 866 g/mol. The van der Waals surface area contributed by atoms with Gasteiger partial charge in [0, 0.05) is 40.2 Å². The molecule has 0 bridgehead atoms. The molecule has 0 saturated heterocycles. The minimum Gasteiger partial charge on any atom is -0.394 e. The first-order valence-corrected chi connectivity index (χ1v) is 13.5. The number of benzene rings is 3. The molecule has 0 spiro atoms. The second-order valence-corrected chi connectivity index (χ2v) is 9.58. The van der Waals surface area contributed by atoms with Crippen molar-refractivity contribution < 1.29 is 115 Å². The van der Waals surface area contributed by atoms with Crippen molar-refractivity contribution in [3.05, 3.63) is 112 Å². The number of carbonyl (C=O) groups is 2. The molecule has 2 unspecified atom stereocenters. The Hall–Kier alpha value is -5.20. The SMILES string of the molecule is CCC(CC(C)C(=O)Nc1c(F)c(F)c(N=[N+]=[N-])c(F)c1F)C(N)=O.Nc1c(F)c(F)c(F)c(F)c1F.[N-]=[N+]=Nc1c(F)c(F)c(N)c(F)c1F.[N-]=[N+]=[N-].[Na+].[V]. The molecule has 30 heteroatoms. The van der Waals surface area contributed by atoms with E-state index in [0.717, 1.165) is 0 Å². The van der Waals surface area contributed by atoms with Gasteiger partial charge in [-0.1, -0.05) is 24.1 Å².